The van der Waals surface area contributed by atoms with E-state index in [2.05, 4.69) is 21.2 Å². The topological polar surface area (TPSA) is 58.4 Å². The van der Waals surface area contributed by atoms with Crippen molar-refractivity contribution in [2.45, 2.75) is 19.0 Å². The van der Waals surface area contributed by atoms with Crippen molar-refractivity contribution in [2.24, 2.45) is 5.73 Å². The molecule has 0 saturated carbocycles. The lowest BCUT2D eigenvalue weighted by Crippen LogP contribution is -2.57. The lowest BCUT2D eigenvalue weighted by Gasteiger charge is -2.38. The molecule has 0 aromatic heterocycles. The zero-order chi connectivity index (χ0) is 14.0. The van der Waals surface area contributed by atoms with E-state index >= 15 is 0 Å². The number of nitrogens with one attached hydrogen (secondary N) is 1. The number of halogens is 2. The van der Waals surface area contributed by atoms with E-state index in [1.54, 1.807) is 12.1 Å². The number of nitrogens with zero attached hydrogens (tertiary/aromatic N) is 1. The number of nitrogens with two attached hydrogens (primary N) is 1. The van der Waals surface area contributed by atoms with Crippen molar-refractivity contribution in [1.82, 2.24) is 10.2 Å². The number of carbonyl (C=O) groups is 1. The fourth-order valence-corrected chi connectivity index (χ4v) is 2.80. The molecule has 1 heterocycles. The molecule has 0 radical (unpaired) electrons. The highest BCUT2D eigenvalue weighted by molar-refractivity contribution is 9.10. The molecule has 1 aliphatic rings. The zero-order valence-electron chi connectivity index (χ0n) is 10.7. The summed E-state index contributed by atoms with van der Waals surface area (Å²) in [7, 11) is 0. The van der Waals surface area contributed by atoms with Crippen molar-refractivity contribution in [3.05, 3.63) is 34.1 Å². The van der Waals surface area contributed by atoms with Crippen molar-refractivity contribution < 1.29 is 9.18 Å². The minimum atomic E-state index is -0.396. The highest BCUT2D eigenvalue weighted by Crippen LogP contribution is 2.27. The van der Waals surface area contributed by atoms with Gasteiger partial charge in [0.1, 0.15) is 11.9 Å². The van der Waals surface area contributed by atoms with Crippen LogP contribution in [0.2, 0.25) is 0 Å². The Kier molecular flexibility index (Phi) is 4.54. The monoisotopic (exact) mass is 329 g/mol. The van der Waals surface area contributed by atoms with Gasteiger partial charge in [0.15, 0.2) is 0 Å². The predicted molar refractivity (Wildman–Crippen MR) is 75.1 cm³/mol. The number of rotatable bonds is 3. The molecule has 2 unspecified atom stereocenters. The van der Waals surface area contributed by atoms with Gasteiger partial charge in [-0.05, 0) is 19.1 Å². The Morgan fingerprint density at radius 2 is 2.37 bits per heavy atom. The Bertz CT molecular complexity index is 483. The van der Waals surface area contributed by atoms with Gasteiger partial charge in [-0.3, -0.25) is 9.69 Å². The molecule has 3 N–H and O–H groups in total. The Hall–Kier alpha value is -0.980. The van der Waals surface area contributed by atoms with Crippen LogP contribution in [0.25, 0.3) is 0 Å². The van der Waals surface area contributed by atoms with Crippen LogP contribution in [0, 0.1) is 5.82 Å². The van der Waals surface area contributed by atoms with Gasteiger partial charge < -0.3 is 11.1 Å². The van der Waals surface area contributed by atoms with Gasteiger partial charge >= 0.3 is 0 Å². The normalized spacial score (nSPS) is 22.2. The van der Waals surface area contributed by atoms with Crippen molar-refractivity contribution in [3.63, 3.8) is 0 Å². The van der Waals surface area contributed by atoms with E-state index in [1.807, 2.05) is 11.8 Å². The zero-order valence-corrected chi connectivity index (χ0v) is 12.3. The van der Waals surface area contributed by atoms with E-state index in [4.69, 9.17) is 5.73 Å². The molecule has 104 valence electrons. The highest BCUT2D eigenvalue weighted by Gasteiger charge is 2.31. The summed E-state index contributed by atoms with van der Waals surface area (Å²) in [6.07, 6.45) is 0. The van der Waals surface area contributed by atoms with Gasteiger partial charge in [0.25, 0.3) is 0 Å². The van der Waals surface area contributed by atoms with Gasteiger partial charge in [0.2, 0.25) is 5.91 Å². The number of hydrogen-bond donors (Lipinski definition) is 2. The average Bonchev–Trinajstić information content (AvgIpc) is 2.38. The van der Waals surface area contributed by atoms with Crippen LogP contribution >= 0.6 is 15.9 Å². The summed E-state index contributed by atoms with van der Waals surface area (Å²) in [6, 6.07) is 4.40. The Balaban J connectivity index is 2.25. The first-order valence-electron chi connectivity index (χ1n) is 6.21. The van der Waals surface area contributed by atoms with Crippen LogP contribution in [0.3, 0.4) is 0 Å². The Morgan fingerprint density at radius 1 is 1.63 bits per heavy atom. The molecule has 1 saturated heterocycles. The third-order valence-electron chi connectivity index (χ3n) is 3.52. The maximum absolute atomic E-state index is 14.0. The fourth-order valence-electron chi connectivity index (χ4n) is 2.47. The smallest absolute Gasteiger partial charge is 0.236 e. The maximum atomic E-state index is 14.0. The SMILES string of the molecule is CC(c1ccc(Br)cc1F)N1CCNCC1C(N)=O. The first kappa shape index (κ1) is 14.4. The summed E-state index contributed by atoms with van der Waals surface area (Å²) in [5, 5.41) is 3.13. The molecule has 1 aromatic carbocycles. The van der Waals surface area contributed by atoms with Gasteiger partial charge in [-0.15, -0.1) is 0 Å². The molecule has 0 aliphatic carbocycles. The van der Waals surface area contributed by atoms with Crippen LogP contribution in [0.1, 0.15) is 18.5 Å². The van der Waals surface area contributed by atoms with E-state index in [9.17, 15) is 9.18 Å². The van der Waals surface area contributed by atoms with Crippen LogP contribution in [0.4, 0.5) is 4.39 Å². The second-order valence-electron chi connectivity index (χ2n) is 4.70. The quantitative estimate of drug-likeness (QED) is 0.881. The summed E-state index contributed by atoms with van der Waals surface area (Å²) in [5.41, 5.74) is 5.99. The molecule has 2 atom stereocenters. The molecule has 0 bridgehead atoms. The van der Waals surface area contributed by atoms with Gasteiger partial charge in [-0.2, -0.15) is 0 Å². The van der Waals surface area contributed by atoms with E-state index in [-0.39, 0.29) is 17.8 Å². The third kappa shape index (κ3) is 3.13. The number of benzene rings is 1. The molecule has 4 nitrogen and oxygen atoms in total. The Labute approximate surface area is 120 Å². The van der Waals surface area contributed by atoms with E-state index in [0.29, 0.717) is 23.1 Å². The lowest BCUT2D eigenvalue weighted by molar-refractivity contribution is -0.124. The van der Waals surface area contributed by atoms with E-state index in [1.165, 1.54) is 6.07 Å². The summed E-state index contributed by atoms with van der Waals surface area (Å²) in [5.74, 6) is -0.653. The average molecular weight is 330 g/mol. The molecule has 6 heteroatoms. The molecule has 1 amide bonds. The molecule has 1 fully saturated rings. The molecule has 1 aliphatic heterocycles. The third-order valence-corrected chi connectivity index (χ3v) is 4.02. The van der Waals surface area contributed by atoms with Crippen molar-refractivity contribution in [1.29, 1.82) is 0 Å². The van der Waals surface area contributed by atoms with Crippen LogP contribution in [-0.2, 0) is 4.79 Å². The van der Waals surface area contributed by atoms with Crippen molar-refractivity contribution in [2.75, 3.05) is 19.6 Å². The summed E-state index contributed by atoms with van der Waals surface area (Å²) < 4.78 is 14.7. The fraction of sp³-hybridized carbons (Fsp3) is 0.462. The summed E-state index contributed by atoms with van der Waals surface area (Å²) >= 11 is 3.24. The highest BCUT2D eigenvalue weighted by atomic mass is 79.9. The number of amides is 1. The second kappa shape index (κ2) is 5.98. The summed E-state index contributed by atoms with van der Waals surface area (Å²) in [4.78, 5) is 13.4. The van der Waals surface area contributed by atoms with Crippen molar-refractivity contribution in [3.8, 4) is 0 Å². The lowest BCUT2D eigenvalue weighted by atomic mass is 10.0. The molecular formula is C13H17BrFN3O. The van der Waals surface area contributed by atoms with Crippen LogP contribution in [-0.4, -0.2) is 36.5 Å². The van der Waals surface area contributed by atoms with E-state index < -0.39 is 6.04 Å². The predicted octanol–water partition coefficient (Wildman–Crippen LogP) is 1.41. The molecular weight excluding hydrogens is 313 g/mol. The van der Waals surface area contributed by atoms with Crippen molar-refractivity contribution >= 4 is 21.8 Å². The Morgan fingerprint density at radius 3 is 3.00 bits per heavy atom. The maximum Gasteiger partial charge on any atom is 0.236 e. The summed E-state index contributed by atoms with van der Waals surface area (Å²) in [6.45, 7) is 3.85. The number of primary amides is 1. The first-order chi connectivity index (χ1) is 9.00. The number of piperazine rings is 1. The van der Waals surface area contributed by atoms with Gasteiger partial charge in [-0.1, -0.05) is 22.0 Å². The first-order valence-corrected chi connectivity index (χ1v) is 7.00. The second-order valence-corrected chi connectivity index (χ2v) is 5.62. The van der Waals surface area contributed by atoms with Gasteiger partial charge in [0, 0.05) is 35.7 Å². The largest absolute Gasteiger partial charge is 0.368 e. The minimum absolute atomic E-state index is 0.187. The van der Waals surface area contributed by atoms with E-state index in [0.717, 1.165) is 6.54 Å². The molecule has 1 aromatic rings. The number of hydrogen-bond acceptors (Lipinski definition) is 3. The minimum Gasteiger partial charge on any atom is -0.368 e. The van der Waals surface area contributed by atoms with Crippen LogP contribution in [0.5, 0.6) is 0 Å². The standard InChI is InChI=1S/C13H17BrFN3O/c1-8(10-3-2-9(14)6-11(10)15)18-5-4-17-7-12(18)13(16)19/h2-3,6,8,12,17H,4-5,7H2,1H3,(H2,16,19). The van der Waals surface area contributed by atoms with Gasteiger partial charge in [-0.25, -0.2) is 4.39 Å². The van der Waals surface area contributed by atoms with Crippen LogP contribution in [0.15, 0.2) is 22.7 Å². The number of carbonyl (C=O) groups excluding carboxylic acids is 1. The van der Waals surface area contributed by atoms with Gasteiger partial charge in [0.05, 0.1) is 0 Å². The van der Waals surface area contributed by atoms with Crippen LogP contribution < -0.4 is 11.1 Å². The molecule has 2 rings (SSSR count). The molecule has 19 heavy (non-hydrogen) atoms. The molecule has 0 spiro atoms.